The standard InChI is InChI=1S/C19H21N5O2/c1-23-18-16(10-22-23)19(26)24(12-21-18)11-17(25)20-9-14-7-4-6-13-5-2-3-8-15(13)14/h2-3,5,8,10,12,14H,4,6-7,9,11H2,1H3,(H,20,25). The van der Waals surface area contributed by atoms with E-state index in [1.165, 1.54) is 28.2 Å². The first-order valence-electron chi connectivity index (χ1n) is 8.85. The van der Waals surface area contributed by atoms with Crippen LogP contribution in [0, 0.1) is 0 Å². The van der Waals surface area contributed by atoms with Gasteiger partial charge in [0.05, 0.1) is 6.20 Å². The van der Waals surface area contributed by atoms with Crippen molar-refractivity contribution in [1.82, 2.24) is 24.6 Å². The van der Waals surface area contributed by atoms with Crippen molar-refractivity contribution in [3.8, 4) is 0 Å². The number of benzene rings is 1. The molecule has 1 atom stereocenters. The van der Waals surface area contributed by atoms with Crippen LogP contribution >= 0.6 is 0 Å². The summed E-state index contributed by atoms with van der Waals surface area (Å²) in [4.78, 5) is 29.0. The average Bonchev–Trinajstić information content (AvgIpc) is 3.04. The minimum atomic E-state index is -0.249. The van der Waals surface area contributed by atoms with Gasteiger partial charge in [-0.05, 0) is 30.4 Å². The van der Waals surface area contributed by atoms with Crippen LogP contribution in [0.5, 0.6) is 0 Å². The maximum atomic E-state index is 12.4. The minimum Gasteiger partial charge on any atom is -0.354 e. The van der Waals surface area contributed by atoms with E-state index in [0.717, 1.165) is 19.3 Å². The minimum absolute atomic E-state index is 0.0367. The molecule has 1 aromatic carbocycles. The molecule has 0 spiro atoms. The maximum absolute atomic E-state index is 12.4. The normalized spacial score (nSPS) is 16.4. The average molecular weight is 351 g/mol. The highest BCUT2D eigenvalue weighted by molar-refractivity contribution is 5.77. The Morgan fingerprint density at radius 2 is 2.19 bits per heavy atom. The van der Waals surface area contributed by atoms with E-state index in [1.807, 2.05) is 6.07 Å². The molecule has 0 radical (unpaired) electrons. The van der Waals surface area contributed by atoms with Crippen LogP contribution in [0.1, 0.15) is 29.9 Å². The Kier molecular flexibility index (Phi) is 4.28. The monoisotopic (exact) mass is 351 g/mol. The van der Waals surface area contributed by atoms with Crippen LogP contribution in [0.2, 0.25) is 0 Å². The first-order valence-corrected chi connectivity index (χ1v) is 8.85. The molecule has 26 heavy (non-hydrogen) atoms. The van der Waals surface area contributed by atoms with Crippen molar-refractivity contribution in [2.45, 2.75) is 31.7 Å². The van der Waals surface area contributed by atoms with Crippen molar-refractivity contribution in [1.29, 1.82) is 0 Å². The molecular formula is C19H21N5O2. The predicted molar refractivity (Wildman–Crippen MR) is 97.9 cm³/mol. The van der Waals surface area contributed by atoms with Crippen molar-refractivity contribution in [3.05, 3.63) is 58.3 Å². The first kappa shape index (κ1) is 16.5. The Morgan fingerprint density at radius 1 is 1.35 bits per heavy atom. The number of hydrogen-bond acceptors (Lipinski definition) is 4. The Morgan fingerprint density at radius 3 is 3.08 bits per heavy atom. The quantitative estimate of drug-likeness (QED) is 0.770. The van der Waals surface area contributed by atoms with Crippen LogP contribution < -0.4 is 10.9 Å². The molecule has 1 aliphatic carbocycles. The zero-order valence-electron chi connectivity index (χ0n) is 14.7. The Hall–Kier alpha value is -2.96. The molecule has 1 aliphatic rings. The van der Waals surface area contributed by atoms with E-state index >= 15 is 0 Å². The number of amides is 1. The van der Waals surface area contributed by atoms with E-state index in [4.69, 9.17) is 0 Å². The van der Waals surface area contributed by atoms with Crippen molar-refractivity contribution in [3.63, 3.8) is 0 Å². The molecular weight excluding hydrogens is 330 g/mol. The third kappa shape index (κ3) is 3.00. The van der Waals surface area contributed by atoms with E-state index in [-0.39, 0.29) is 18.0 Å². The molecule has 0 fully saturated rings. The molecule has 0 saturated heterocycles. The lowest BCUT2D eigenvalue weighted by Gasteiger charge is -2.25. The smallest absolute Gasteiger partial charge is 0.264 e. The van der Waals surface area contributed by atoms with Crippen molar-refractivity contribution >= 4 is 16.9 Å². The van der Waals surface area contributed by atoms with Gasteiger partial charge >= 0.3 is 0 Å². The van der Waals surface area contributed by atoms with Crippen LogP contribution in [0.3, 0.4) is 0 Å². The summed E-state index contributed by atoms with van der Waals surface area (Å²) in [5.74, 6) is 0.153. The first-order chi connectivity index (χ1) is 12.6. The van der Waals surface area contributed by atoms with Crippen molar-refractivity contribution in [2.24, 2.45) is 7.05 Å². The summed E-state index contributed by atoms with van der Waals surface area (Å²) in [5, 5.41) is 7.43. The highest BCUT2D eigenvalue weighted by Crippen LogP contribution is 2.30. The summed E-state index contributed by atoms with van der Waals surface area (Å²) in [6, 6.07) is 8.43. The van der Waals surface area contributed by atoms with Crippen LogP contribution in [0.15, 0.2) is 41.6 Å². The lowest BCUT2D eigenvalue weighted by molar-refractivity contribution is -0.121. The summed E-state index contributed by atoms with van der Waals surface area (Å²) >= 11 is 0. The Bertz CT molecular complexity index is 1020. The van der Waals surface area contributed by atoms with Crippen LogP contribution in [0.4, 0.5) is 0 Å². The number of nitrogens with one attached hydrogen (secondary N) is 1. The van der Waals surface area contributed by atoms with E-state index in [0.29, 0.717) is 23.5 Å². The number of fused-ring (bicyclic) bond motifs is 2. The zero-order valence-corrected chi connectivity index (χ0v) is 14.7. The molecule has 1 amide bonds. The van der Waals surface area contributed by atoms with Crippen molar-refractivity contribution < 1.29 is 4.79 Å². The van der Waals surface area contributed by atoms with Gasteiger partial charge in [-0.2, -0.15) is 5.10 Å². The summed E-state index contributed by atoms with van der Waals surface area (Å²) in [7, 11) is 1.73. The fourth-order valence-corrected chi connectivity index (χ4v) is 3.69. The van der Waals surface area contributed by atoms with Gasteiger partial charge in [-0.3, -0.25) is 18.8 Å². The second-order valence-corrected chi connectivity index (χ2v) is 6.78. The van der Waals surface area contributed by atoms with Gasteiger partial charge in [-0.1, -0.05) is 24.3 Å². The molecule has 7 heteroatoms. The fraction of sp³-hybridized carbons (Fsp3) is 0.368. The van der Waals surface area contributed by atoms with Gasteiger partial charge < -0.3 is 5.32 Å². The number of carbonyl (C=O) groups is 1. The molecule has 7 nitrogen and oxygen atoms in total. The third-order valence-electron chi connectivity index (χ3n) is 5.07. The van der Waals surface area contributed by atoms with Crippen LogP contribution in [-0.4, -0.2) is 31.8 Å². The van der Waals surface area contributed by atoms with Gasteiger partial charge in [0.1, 0.15) is 18.3 Å². The fourth-order valence-electron chi connectivity index (χ4n) is 3.69. The van der Waals surface area contributed by atoms with Gasteiger partial charge in [0.15, 0.2) is 5.65 Å². The number of aryl methyl sites for hydroxylation is 2. The second kappa shape index (κ2) is 6.74. The third-order valence-corrected chi connectivity index (χ3v) is 5.07. The lowest BCUT2D eigenvalue weighted by atomic mass is 9.83. The zero-order chi connectivity index (χ0) is 18.1. The topological polar surface area (TPSA) is 81.8 Å². The Labute approximate surface area is 150 Å². The highest BCUT2D eigenvalue weighted by atomic mass is 16.2. The van der Waals surface area contributed by atoms with Gasteiger partial charge in [-0.15, -0.1) is 0 Å². The highest BCUT2D eigenvalue weighted by Gasteiger charge is 2.20. The Balaban J connectivity index is 1.44. The molecule has 1 N–H and O–H groups in total. The summed E-state index contributed by atoms with van der Waals surface area (Å²) in [6.07, 6.45) is 6.20. The van der Waals surface area contributed by atoms with Crippen LogP contribution in [0.25, 0.3) is 11.0 Å². The van der Waals surface area contributed by atoms with Gasteiger partial charge in [0.2, 0.25) is 5.91 Å². The molecule has 4 rings (SSSR count). The van der Waals surface area contributed by atoms with Gasteiger partial charge in [0.25, 0.3) is 5.56 Å². The number of rotatable bonds is 4. The summed E-state index contributed by atoms with van der Waals surface area (Å²) in [5.41, 5.74) is 2.97. The molecule has 2 heterocycles. The predicted octanol–water partition coefficient (Wildman–Crippen LogP) is 1.37. The molecule has 3 aromatic rings. The molecule has 134 valence electrons. The van der Waals surface area contributed by atoms with E-state index in [2.05, 4.69) is 33.6 Å². The second-order valence-electron chi connectivity index (χ2n) is 6.78. The number of nitrogens with zero attached hydrogens (tertiary/aromatic N) is 4. The van der Waals surface area contributed by atoms with Crippen molar-refractivity contribution in [2.75, 3.05) is 6.54 Å². The summed E-state index contributed by atoms with van der Waals surface area (Å²) < 4.78 is 2.87. The molecule has 0 aliphatic heterocycles. The molecule has 0 saturated carbocycles. The number of aromatic nitrogens is 4. The van der Waals surface area contributed by atoms with E-state index in [9.17, 15) is 9.59 Å². The van der Waals surface area contributed by atoms with E-state index < -0.39 is 0 Å². The van der Waals surface area contributed by atoms with E-state index in [1.54, 1.807) is 11.7 Å². The number of hydrogen-bond donors (Lipinski definition) is 1. The largest absolute Gasteiger partial charge is 0.354 e. The maximum Gasteiger partial charge on any atom is 0.264 e. The van der Waals surface area contributed by atoms with Gasteiger partial charge in [-0.25, -0.2) is 4.98 Å². The summed E-state index contributed by atoms with van der Waals surface area (Å²) in [6.45, 7) is 0.554. The number of carbonyl (C=O) groups excluding carboxylic acids is 1. The lowest BCUT2D eigenvalue weighted by Crippen LogP contribution is -2.35. The molecule has 1 unspecified atom stereocenters. The molecule has 0 bridgehead atoms. The van der Waals surface area contributed by atoms with Crippen LogP contribution in [-0.2, 0) is 24.8 Å². The van der Waals surface area contributed by atoms with Gasteiger partial charge in [0, 0.05) is 19.5 Å². The molecule has 2 aromatic heterocycles. The SMILES string of the molecule is Cn1ncc2c(=O)n(CC(=O)NCC3CCCc4ccccc43)cnc21.